The molecule has 0 radical (unpaired) electrons. The number of anilines is 3. The molecule has 52 heavy (non-hydrogen) atoms. The molecule has 254 valence electrons. The number of benzene rings is 6. The molecule has 6 aliphatic carbocycles. The Bertz CT molecular complexity index is 2630. The topological polar surface area (TPSA) is 3.24 Å². The average molecular weight is 690 g/mol. The highest BCUT2D eigenvalue weighted by Crippen LogP contribution is 2.70. The van der Waals surface area contributed by atoms with Crippen molar-refractivity contribution in [3.63, 3.8) is 0 Å². The van der Waals surface area contributed by atoms with E-state index in [9.17, 15) is 0 Å². The minimum absolute atomic E-state index is 0.0703. The van der Waals surface area contributed by atoms with Gasteiger partial charge in [-0.3, -0.25) is 0 Å². The van der Waals surface area contributed by atoms with E-state index in [0.29, 0.717) is 0 Å². The summed E-state index contributed by atoms with van der Waals surface area (Å²) in [6.45, 7) is 7.09. The molecule has 6 aliphatic rings. The van der Waals surface area contributed by atoms with Crippen molar-refractivity contribution in [2.24, 2.45) is 23.7 Å². The fourth-order valence-corrected chi connectivity index (χ4v) is 13.9. The van der Waals surface area contributed by atoms with Gasteiger partial charge in [-0.2, -0.15) is 0 Å². The minimum atomic E-state index is -0.0703. The highest BCUT2D eigenvalue weighted by atomic mass is 32.1. The van der Waals surface area contributed by atoms with E-state index < -0.39 is 0 Å². The van der Waals surface area contributed by atoms with E-state index in [1.165, 1.54) is 108 Å². The Kier molecular flexibility index (Phi) is 5.90. The van der Waals surface area contributed by atoms with E-state index in [2.05, 4.69) is 147 Å². The number of hydrogen-bond acceptors (Lipinski definition) is 2. The molecular formula is C50H43NS. The fraction of sp³-hybridized carbons (Fsp3) is 0.280. The molecule has 0 aliphatic heterocycles. The van der Waals surface area contributed by atoms with Crippen LogP contribution in [0.25, 0.3) is 42.4 Å². The maximum atomic E-state index is 2.68. The van der Waals surface area contributed by atoms with Gasteiger partial charge in [-0.1, -0.05) is 110 Å². The summed E-state index contributed by atoms with van der Waals surface area (Å²) >= 11 is 1.94. The van der Waals surface area contributed by atoms with E-state index in [4.69, 9.17) is 0 Å². The second-order valence-corrected chi connectivity index (χ2v) is 18.5. The molecule has 0 atom stereocenters. The van der Waals surface area contributed by atoms with Gasteiger partial charge in [0.1, 0.15) is 0 Å². The largest absolute Gasteiger partial charge is 0.308 e. The summed E-state index contributed by atoms with van der Waals surface area (Å²) in [5.41, 5.74) is 17.1. The number of rotatable bonds is 3. The van der Waals surface area contributed by atoms with Crippen molar-refractivity contribution in [3.05, 3.63) is 149 Å². The summed E-state index contributed by atoms with van der Waals surface area (Å²) in [5, 5.41) is 2.69. The van der Waals surface area contributed by atoms with Gasteiger partial charge in [0.25, 0.3) is 0 Å². The molecule has 1 aromatic heterocycles. The molecule has 4 bridgehead atoms. The van der Waals surface area contributed by atoms with Crippen LogP contribution in [-0.2, 0) is 10.8 Å². The van der Waals surface area contributed by atoms with Gasteiger partial charge in [-0.15, -0.1) is 11.3 Å². The molecule has 0 N–H and O–H groups in total. The van der Waals surface area contributed by atoms with Gasteiger partial charge in [0.05, 0.1) is 16.1 Å². The standard InChI is InChI=1S/C50H43NS/c1-29-18-21-41-39(22-29)35-20-19-34(28-43(35)50(41)32-24-30-23-31(26-32)27-33(50)25-30)51(45-16-8-12-37-36-10-5-7-17-46(36)52-48(37)45)44-15-9-14-42-47(44)38-11-4-6-13-40(38)49(42,2)3/h4-22,28,30-33H,23-27H2,1-3H3. The third-order valence-electron chi connectivity index (χ3n) is 14.5. The van der Waals surface area contributed by atoms with Crippen molar-refractivity contribution in [2.45, 2.75) is 63.7 Å². The molecule has 1 heterocycles. The Morgan fingerprint density at radius 2 is 1.27 bits per heavy atom. The highest BCUT2D eigenvalue weighted by molar-refractivity contribution is 7.26. The van der Waals surface area contributed by atoms with E-state index in [1.54, 1.807) is 11.1 Å². The molecule has 7 aromatic rings. The summed E-state index contributed by atoms with van der Waals surface area (Å²) in [7, 11) is 0. The lowest BCUT2D eigenvalue weighted by molar-refractivity contribution is -0.0399. The van der Waals surface area contributed by atoms with E-state index in [-0.39, 0.29) is 10.8 Å². The summed E-state index contributed by atoms with van der Waals surface area (Å²) in [6.07, 6.45) is 7.06. The van der Waals surface area contributed by atoms with Crippen molar-refractivity contribution in [3.8, 4) is 22.3 Å². The van der Waals surface area contributed by atoms with Gasteiger partial charge in [0.15, 0.2) is 0 Å². The molecule has 0 unspecified atom stereocenters. The maximum Gasteiger partial charge on any atom is 0.0640 e. The van der Waals surface area contributed by atoms with E-state index >= 15 is 0 Å². The quantitative estimate of drug-likeness (QED) is 0.178. The van der Waals surface area contributed by atoms with Gasteiger partial charge in [-0.25, -0.2) is 0 Å². The van der Waals surface area contributed by atoms with E-state index in [1.807, 2.05) is 11.3 Å². The van der Waals surface area contributed by atoms with Gasteiger partial charge < -0.3 is 4.90 Å². The molecule has 4 saturated carbocycles. The van der Waals surface area contributed by atoms with Crippen LogP contribution in [-0.4, -0.2) is 0 Å². The molecule has 4 fully saturated rings. The third-order valence-corrected chi connectivity index (χ3v) is 15.7. The molecule has 0 amide bonds. The van der Waals surface area contributed by atoms with Gasteiger partial charge in [0.2, 0.25) is 0 Å². The van der Waals surface area contributed by atoms with Crippen LogP contribution in [0.4, 0.5) is 17.1 Å². The summed E-state index contributed by atoms with van der Waals surface area (Å²) in [6, 6.07) is 47.3. The zero-order valence-corrected chi connectivity index (χ0v) is 31.1. The predicted octanol–water partition coefficient (Wildman–Crippen LogP) is 13.9. The predicted molar refractivity (Wildman–Crippen MR) is 220 cm³/mol. The summed E-state index contributed by atoms with van der Waals surface area (Å²) in [5.74, 6) is 3.31. The first-order valence-electron chi connectivity index (χ1n) is 19.6. The highest BCUT2D eigenvalue weighted by Gasteiger charge is 2.61. The maximum absolute atomic E-state index is 2.68. The second-order valence-electron chi connectivity index (χ2n) is 17.4. The lowest BCUT2D eigenvalue weighted by Gasteiger charge is -2.61. The van der Waals surface area contributed by atoms with Crippen LogP contribution in [0.3, 0.4) is 0 Å². The summed E-state index contributed by atoms with van der Waals surface area (Å²) in [4.78, 5) is 2.66. The van der Waals surface area contributed by atoms with Crippen molar-refractivity contribution >= 4 is 48.6 Å². The SMILES string of the molecule is Cc1ccc2c(c1)-c1ccc(N(c3cccc4c3-c3ccccc3C4(C)C)c3cccc4c3sc3ccccc34)cc1C21C2CC3CC(C2)CC1C3. The lowest BCUT2D eigenvalue weighted by Crippen LogP contribution is -2.55. The monoisotopic (exact) mass is 689 g/mol. The first kappa shape index (κ1) is 29.9. The molecule has 0 saturated heterocycles. The minimum Gasteiger partial charge on any atom is -0.308 e. The number of thiophene rings is 1. The molecule has 6 aromatic carbocycles. The first-order valence-corrected chi connectivity index (χ1v) is 20.4. The second kappa shape index (κ2) is 10.3. The van der Waals surface area contributed by atoms with Crippen LogP contribution in [0.2, 0.25) is 0 Å². The van der Waals surface area contributed by atoms with Gasteiger partial charge in [0, 0.05) is 37.6 Å². The Hall–Kier alpha value is -4.66. The number of aryl methyl sites for hydroxylation is 1. The van der Waals surface area contributed by atoms with E-state index in [0.717, 1.165) is 23.7 Å². The average Bonchev–Trinajstić information content (AvgIpc) is 3.75. The Morgan fingerprint density at radius 3 is 2.12 bits per heavy atom. The van der Waals surface area contributed by atoms with Crippen LogP contribution >= 0.6 is 11.3 Å². The lowest BCUT2D eigenvalue weighted by atomic mass is 9.43. The molecule has 2 heteroatoms. The van der Waals surface area contributed by atoms with Crippen molar-refractivity contribution < 1.29 is 0 Å². The molecule has 1 nitrogen and oxygen atoms in total. The number of nitrogens with zero attached hydrogens (tertiary/aromatic N) is 1. The third kappa shape index (κ3) is 3.69. The Balaban J connectivity index is 1.16. The normalized spacial score (nSPS) is 25.4. The molecule has 1 spiro atoms. The number of hydrogen-bond donors (Lipinski definition) is 0. The van der Waals surface area contributed by atoms with Crippen LogP contribution in [0.1, 0.15) is 73.8 Å². The summed E-state index contributed by atoms with van der Waals surface area (Å²) < 4.78 is 2.71. The smallest absolute Gasteiger partial charge is 0.0640 e. The Morgan fingerprint density at radius 1 is 0.558 bits per heavy atom. The van der Waals surface area contributed by atoms with Crippen molar-refractivity contribution in [1.82, 2.24) is 0 Å². The van der Waals surface area contributed by atoms with Gasteiger partial charge in [-0.05, 0) is 132 Å². The first-order chi connectivity index (χ1) is 25.4. The van der Waals surface area contributed by atoms with Crippen LogP contribution in [0.15, 0.2) is 121 Å². The van der Waals surface area contributed by atoms with Crippen LogP contribution in [0, 0.1) is 30.6 Å². The van der Waals surface area contributed by atoms with Crippen LogP contribution < -0.4 is 4.90 Å². The zero-order chi connectivity index (χ0) is 34.5. The Labute approximate surface area is 311 Å². The van der Waals surface area contributed by atoms with Crippen molar-refractivity contribution in [1.29, 1.82) is 0 Å². The van der Waals surface area contributed by atoms with Crippen molar-refractivity contribution in [2.75, 3.05) is 4.90 Å². The fourth-order valence-electron chi connectivity index (χ4n) is 12.7. The van der Waals surface area contributed by atoms with Crippen LogP contribution in [0.5, 0.6) is 0 Å². The molecule has 13 rings (SSSR count). The van der Waals surface area contributed by atoms with Gasteiger partial charge >= 0.3 is 0 Å². The number of fused-ring (bicyclic) bond motifs is 9. The molecular weight excluding hydrogens is 647 g/mol. The zero-order valence-electron chi connectivity index (χ0n) is 30.2.